The average Bonchev–Trinajstić information content (AvgIpc) is 2.99. The van der Waals surface area contributed by atoms with E-state index in [4.69, 9.17) is 18.0 Å². The maximum absolute atomic E-state index is 12.6. The maximum Gasteiger partial charge on any atom is 0.271 e. The van der Waals surface area contributed by atoms with Crippen molar-refractivity contribution in [2.24, 2.45) is 5.73 Å². The topological polar surface area (TPSA) is 58.4 Å². The third kappa shape index (κ3) is 3.71. The van der Waals surface area contributed by atoms with Crippen LogP contribution in [0, 0.1) is 0 Å². The second-order valence-electron chi connectivity index (χ2n) is 5.61. The largest absolute Gasteiger partial charge is 0.375 e. The summed E-state index contributed by atoms with van der Waals surface area (Å²) in [5.41, 5.74) is 11.6. The Morgan fingerprint density at radius 2 is 2.00 bits per heavy atom. The molecule has 0 bridgehead atoms. The van der Waals surface area contributed by atoms with Crippen LogP contribution in [0.4, 0.5) is 0 Å². The first kappa shape index (κ1) is 16.0. The molecule has 120 valence electrons. The van der Waals surface area contributed by atoms with Crippen molar-refractivity contribution in [3.8, 4) is 0 Å². The smallest absolute Gasteiger partial charge is 0.271 e. The molecule has 0 spiro atoms. The van der Waals surface area contributed by atoms with Crippen LogP contribution in [0.3, 0.4) is 0 Å². The van der Waals surface area contributed by atoms with Crippen LogP contribution in [-0.4, -0.2) is 16.0 Å². The van der Waals surface area contributed by atoms with Crippen molar-refractivity contribution in [2.75, 3.05) is 0 Å². The SMILES string of the molecule is NC(=S)N(Cc1ccccc1)NC(=O)c1csc2c1CCCC2. The summed E-state index contributed by atoms with van der Waals surface area (Å²) in [6.45, 7) is 0.453. The summed E-state index contributed by atoms with van der Waals surface area (Å²) in [5, 5.41) is 3.64. The Morgan fingerprint density at radius 3 is 2.74 bits per heavy atom. The predicted molar refractivity (Wildman–Crippen MR) is 97.2 cm³/mol. The highest BCUT2D eigenvalue weighted by atomic mass is 32.1. The van der Waals surface area contributed by atoms with E-state index in [1.165, 1.54) is 21.9 Å². The molecule has 1 aliphatic carbocycles. The molecule has 4 nitrogen and oxygen atoms in total. The molecule has 1 aromatic carbocycles. The molecule has 1 aliphatic rings. The first-order valence-corrected chi connectivity index (χ1v) is 8.95. The summed E-state index contributed by atoms with van der Waals surface area (Å²) in [5.74, 6) is -0.131. The number of benzene rings is 1. The number of hydrogen-bond acceptors (Lipinski definition) is 3. The third-order valence-electron chi connectivity index (χ3n) is 3.99. The zero-order valence-electron chi connectivity index (χ0n) is 12.7. The number of fused-ring (bicyclic) bond motifs is 1. The lowest BCUT2D eigenvalue weighted by atomic mass is 9.96. The number of carbonyl (C=O) groups is 1. The molecule has 2 aromatic rings. The number of thiophene rings is 1. The van der Waals surface area contributed by atoms with Crippen molar-refractivity contribution < 1.29 is 4.79 Å². The van der Waals surface area contributed by atoms with E-state index in [1.807, 2.05) is 35.7 Å². The van der Waals surface area contributed by atoms with Gasteiger partial charge in [-0.15, -0.1) is 11.3 Å². The minimum atomic E-state index is -0.131. The van der Waals surface area contributed by atoms with Gasteiger partial charge in [0, 0.05) is 10.3 Å². The summed E-state index contributed by atoms with van der Waals surface area (Å²) < 4.78 is 0. The van der Waals surface area contributed by atoms with Crippen LogP contribution in [0.25, 0.3) is 0 Å². The molecule has 0 fully saturated rings. The fourth-order valence-corrected chi connectivity index (χ4v) is 4.04. The van der Waals surface area contributed by atoms with Gasteiger partial charge in [0.15, 0.2) is 5.11 Å². The van der Waals surface area contributed by atoms with Crippen molar-refractivity contribution in [3.63, 3.8) is 0 Å². The molecule has 3 rings (SSSR count). The van der Waals surface area contributed by atoms with E-state index in [0.717, 1.165) is 30.4 Å². The van der Waals surface area contributed by atoms with Crippen LogP contribution in [0.2, 0.25) is 0 Å². The highest BCUT2D eigenvalue weighted by molar-refractivity contribution is 7.80. The Kier molecular flexibility index (Phi) is 4.93. The van der Waals surface area contributed by atoms with Crippen LogP contribution in [0.15, 0.2) is 35.7 Å². The molecule has 0 aliphatic heterocycles. The second-order valence-corrected chi connectivity index (χ2v) is 6.99. The fraction of sp³-hybridized carbons (Fsp3) is 0.294. The Morgan fingerprint density at radius 1 is 1.26 bits per heavy atom. The summed E-state index contributed by atoms with van der Waals surface area (Å²) >= 11 is 6.75. The van der Waals surface area contributed by atoms with E-state index in [1.54, 1.807) is 11.3 Å². The number of aryl methyl sites for hydroxylation is 1. The van der Waals surface area contributed by atoms with E-state index >= 15 is 0 Å². The molecule has 0 atom stereocenters. The van der Waals surface area contributed by atoms with Crippen molar-refractivity contribution in [2.45, 2.75) is 32.2 Å². The fourth-order valence-electron chi connectivity index (χ4n) is 2.81. The minimum Gasteiger partial charge on any atom is -0.375 e. The molecule has 1 amide bonds. The van der Waals surface area contributed by atoms with Crippen LogP contribution in [0.5, 0.6) is 0 Å². The average molecular weight is 345 g/mol. The second kappa shape index (κ2) is 7.10. The van der Waals surface area contributed by atoms with Crippen molar-refractivity contribution in [3.05, 3.63) is 57.3 Å². The normalized spacial score (nSPS) is 13.2. The summed E-state index contributed by atoms with van der Waals surface area (Å²) in [6, 6.07) is 9.80. The number of hydrogen-bond donors (Lipinski definition) is 2. The Balaban J connectivity index is 1.74. The lowest BCUT2D eigenvalue weighted by Gasteiger charge is -2.24. The molecule has 0 saturated carbocycles. The number of carbonyl (C=O) groups excluding carboxylic acids is 1. The Labute approximate surface area is 145 Å². The van der Waals surface area contributed by atoms with Gasteiger partial charge in [-0.3, -0.25) is 15.2 Å². The molecule has 1 aromatic heterocycles. The number of rotatable bonds is 3. The van der Waals surface area contributed by atoms with Crippen LogP contribution in [0.1, 0.15) is 39.2 Å². The van der Waals surface area contributed by atoms with E-state index in [2.05, 4.69) is 5.43 Å². The van der Waals surface area contributed by atoms with Gasteiger partial charge < -0.3 is 5.73 Å². The lowest BCUT2D eigenvalue weighted by Crippen LogP contribution is -2.48. The molecular weight excluding hydrogens is 326 g/mol. The van der Waals surface area contributed by atoms with Gasteiger partial charge in [-0.05, 0) is 49.0 Å². The van der Waals surface area contributed by atoms with Crippen molar-refractivity contribution >= 4 is 34.6 Å². The molecule has 0 unspecified atom stereocenters. The third-order valence-corrected chi connectivity index (χ3v) is 5.30. The number of thiocarbonyl (C=S) groups is 1. The lowest BCUT2D eigenvalue weighted by molar-refractivity contribution is 0.0865. The number of nitrogens with zero attached hydrogens (tertiary/aromatic N) is 1. The minimum absolute atomic E-state index is 0.131. The number of hydrazine groups is 1. The number of nitrogens with two attached hydrogens (primary N) is 1. The molecule has 1 heterocycles. The molecule has 0 radical (unpaired) electrons. The highest BCUT2D eigenvalue weighted by Crippen LogP contribution is 2.30. The monoisotopic (exact) mass is 345 g/mol. The molecule has 23 heavy (non-hydrogen) atoms. The summed E-state index contributed by atoms with van der Waals surface area (Å²) in [7, 11) is 0. The van der Waals surface area contributed by atoms with Crippen LogP contribution >= 0.6 is 23.6 Å². The van der Waals surface area contributed by atoms with Crippen molar-refractivity contribution in [1.29, 1.82) is 0 Å². The Bertz CT molecular complexity index is 712. The highest BCUT2D eigenvalue weighted by Gasteiger charge is 2.21. The summed E-state index contributed by atoms with van der Waals surface area (Å²) in [6.07, 6.45) is 4.41. The zero-order chi connectivity index (χ0) is 16.2. The van der Waals surface area contributed by atoms with E-state index < -0.39 is 0 Å². The molecule has 3 N–H and O–H groups in total. The van der Waals surface area contributed by atoms with E-state index in [9.17, 15) is 4.79 Å². The first-order valence-electron chi connectivity index (χ1n) is 7.66. The van der Waals surface area contributed by atoms with Gasteiger partial charge >= 0.3 is 0 Å². The number of amides is 1. The van der Waals surface area contributed by atoms with Crippen LogP contribution in [-0.2, 0) is 19.4 Å². The van der Waals surface area contributed by atoms with Gasteiger partial charge in [0.05, 0.1) is 12.1 Å². The van der Waals surface area contributed by atoms with Gasteiger partial charge in [-0.2, -0.15) is 0 Å². The standard InChI is InChI=1S/C17H19N3OS2/c18-17(22)20(10-12-6-2-1-3-7-12)19-16(21)14-11-23-15-9-5-4-8-13(14)15/h1-3,6-7,11H,4-5,8-10H2,(H2,18,22)(H,19,21). The van der Waals surface area contributed by atoms with Gasteiger partial charge in [-0.1, -0.05) is 30.3 Å². The zero-order valence-corrected chi connectivity index (χ0v) is 14.4. The van der Waals surface area contributed by atoms with E-state index in [-0.39, 0.29) is 11.0 Å². The first-order chi connectivity index (χ1) is 11.1. The Hall–Kier alpha value is -1.92. The molecule has 0 saturated heterocycles. The van der Waals surface area contributed by atoms with Crippen molar-refractivity contribution in [1.82, 2.24) is 10.4 Å². The van der Waals surface area contributed by atoms with Gasteiger partial charge in [0.25, 0.3) is 5.91 Å². The predicted octanol–water partition coefficient (Wildman–Crippen LogP) is 3.02. The van der Waals surface area contributed by atoms with Gasteiger partial charge in [0.2, 0.25) is 0 Å². The number of nitrogens with one attached hydrogen (secondary N) is 1. The van der Waals surface area contributed by atoms with E-state index in [0.29, 0.717) is 6.54 Å². The molecule has 6 heteroatoms. The van der Waals surface area contributed by atoms with Gasteiger partial charge in [-0.25, -0.2) is 0 Å². The quantitative estimate of drug-likeness (QED) is 0.663. The van der Waals surface area contributed by atoms with Gasteiger partial charge in [0.1, 0.15) is 0 Å². The summed E-state index contributed by atoms with van der Waals surface area (Å²) in [4.78, 5) is 14.0. The van der Waals surface area contributed by atoms with Crippen LogP contribution < -0.4 is 11.2 Å². The molecular formula is C17H19N3OS2. The maximum atomic E-state index is 12.6.